The Labute approximate surface area is 124 Å². The molecule has 0 aromatic rings. The fraction of sp³-hybridized carbons (Fsp3) is 0.500. The van der Waals surface area contributed by atoms with Crippen LogP contribution in [0, 0.1) is 16.2 Å². The normalized spacial score (nSPS) is 21.2. The van der Waals surface area contributed by atoms with Crippen LogP contribution < -0.4 is 5.32 Å². The zero-order valence-electron chi connectivity index (χ0n) is 12.0. The van der Waals surface area contributed by atoms with E-state index in [4.69, 9.17) is 16.2 Å². The summed E-state index contributed by atoms with van der Waals surface area (Å²) in [5, 5.41) is 24.9. The van der Waals surface area contributed by atoms with Crippen molar-refractivity contribution in [3.63, 3.8) is 0 Å². The monoisotopic (exact) mass is 319 g/mol. The van der Waals surface area contributed by atoms with Gasteiger partial charge in [-0.25, -0.2) is 0 Å². The third kappa shape index (κ3) is 3.62. The molecule has 0 bridgehead atoms. The maximum Gasteiger partial charge on any atom is 0.468 e. The van der Waals surface area contributed by atoms with Crippen LogP contribution in [0.5, 0.6) is 0 Å². The summed E-state index contributed by atoms with van der Waals surface area (Å²) in [5.41, 5.74) is 0.194. The zero-order chi connectivity index (χ0) is 17.1. The second kappa shape index (κ2) is 6.58. The Balaban J connectivity index is 3.04. The molecule has 0 aromatic carbocycles. The maximum absolute atomic E-state index is 12.3. The van der Waals surface area contributed by atoms with Crippen LogP contribution in [0.15, 0.2) is 11.3 Å². The lowest BCUT2D eigenvalue weighted by atomic mass is 9.93. The van der Waals surface area contributed by atoms with Crippen molar-refractivity contribution in [3.05, 3.63) is 11.3 Å². The van der Waals surface area contributed by atoms with Crippen molar-refractivity contribution in [1.29, 1.82) is 16.2 Å². The first-order valence-corrected chi connectivity index (χ1v) is 6.26. The molecule has 1 aliphatic heterocycles. The van der Waals surface area contributed by atoms with Crippen LogP contribution >= 0.6 is 0 Å². The lowest BCUT2D eigenvalue weighted by molar-refractivity contribution is -0.119. The van der Waals surface area contributed by atoms with E-state index in [9.17, 15) is 18.0 Å². The van der Waals surface area contributed by atoms with E-state index >= 15 is 0 Å². The summed E-state index contributed by atoms with van der Waals surface area (Å²) in [7, 11) is 1.38. The average Bonchev–Trinajstić information content (AvgIpc) is 2.43. The number of ether oxygens (including phenoxy) is 1. The summed E-state index contributed by atoms with van der Waals surface area (Å²) < 4.78 is 41.1. The van der Waals surface area contributed by atoms with Gasteiger partial charge in [-0.3, -0.25) is 15.6 Å². The molecule has 1 atom stereocenters. The van der Waals surface area contributed by atoms with Crippen molar-refractivity contribution < 1.29 is 22.7 Å². The minimum atomic E-state index is -4.99. The first kappa shape index (κ1) is 17.7. The van der Waals surface area contributed by atoms with Crippen LogP contribution in [0.2, 0.25) is 0 Å². The molecule has 0 radical (unpaired) electrons. The summed E-state index contributed by atoms with van der Waals surface area (Å²) >= 11 is 0. The number of nitrogens with one attached hydrogen (secondary N) is 4. The van der Waals surface area contributed by atoms with Gasteiger partial charge in [0.05, 0.1) is 11.8 Å². The molecule has 1 amide bonds. The summed E-state index contributed by atoms with van der Waals surface area (Å²) in [5.74, 6) is -2.90. The van der Waals surface area contributed by atoms with Gasteiger partial charge >= 0.3 is 6.18 Å². The van der Waals surface area contributed by atoms with Crippen LogP contribution in [0.4, 0.5) is 13.2 Å². The molecular formula is C12H16F3N5O2. The van der Waals surface area contributed by atoms with Gasteiger partial charge in [0.25, 0.3) is 5.90 Å². The Morgan fingerprint density at radius 2 is 2.05 bits per heavy atom. The molecule has 1 unspecified atom stereocenters. The van der Waals surface area contributed by atoms with Crippen molar-refractivity contribution >= 4 is 23.9 Å². The van der Waals surface area contributed by atoms with Crippen molar-refractivity contribution in [2.75, 3.05) is 13.6 Å². The number of carbonyl (C=O) groups is 1. The minimum absolute atomic E-state index is 0.00888. The highest BCUT2D eigenvalue weighted by molar-refractivity contribution is 6.10. The topological polar surface area (TPSA) is 113 Å². The van der Waals surface area contributed by atoms with E-state index in [1.807, 2.05) is 0 Å². The van der Waals surface area contributed by atoms with Crippen LogP contribution in [-0.2, 0) is 9.53 Å². The number of rotatable bonds is 3. The van der Waals surface area contributed by atoms with Crippen molar-refractivity contribution in [1.82, 2.24) is 10.2 Å². The molecule has 0 aromatic heterocycles. The van der Waals surface area contributed by atoms with E-state index in [2.05, 4.69) is 10.1 Å². The van der Waals surface area contributed by atoms with Crippen LogP contribution in [0.3, 0.4) is 0 Å². The van der Waals surface area contributed by atoms with Gasteiger partial charge in [0, 0.05) is 19.2 Å². The summed E-state index contributed by atoms with van der Waals surface area (Å²) in [4.78, 5) is 12.2. The van der Waals surface area contributed by atoms with E-state index in [-0.39, 0.29) is 29.9 Å². The van der Waals surface area contributed by atoms with E-state index in [0.29, 0.717) is 6.41 Å². The Morgan fingerprint density at radius 1 is 1.45 bits per heavy atom. The molecule has 0 spiro atoms. The Hall–Kier alpha value is -2.39. The average molecular weight is 319 g/mol. The van der Waals surface area contributed by atoms with Gasteiger partial charge < -0.3 is 20.4 Å². The summed E-state index contributed by atoms with van der Waals surface area (Å²) in [6.07, 6.45) is -4.20. The number of hydrogen-bond donors (Lipinski definition) is 4. The van der Waals surface area contributed by atoms with Gasteiger partial charge in [0.2, 0.25) is 12.3 Å². The second-order valence-electron chi connectivity index (χ2n) is 4.54. The van der Waals surface area contributed by atoms with Crippen LogP contribution in [0.25, 0.3) is 0 Å². The number of halogens is 3. The van der Waals surface area contributed by atoms with Gasteiger partial charge in [0.1, 0.15) is 5.70 Å². The first-order valence-electron chi connectivity index (χ1n) is 6.26. The number of alkyl halides is 3. The number of carbonyl (C=O) groups excluding carboxylic acids is 1. The quantitative estimate of drug-likeness (QED) is 0.357. The highest BCUT2D eigenvalue weighted by Gasteiger charge is 2.38. The highest BCUT2D eigenvalue weighted by Crippen LogP contribution is 2.22. The molecule has 0 aliphatic carbocycles. The molecule has 1 saturated heterocycles. The molecule has 0 saturated carbocycles. The molecule has 1 rings (SSSR count). The number of amides is 1. The third-order valence-corrected chi connectivity index (χ3v) is 3.24. The van der Waals surface area contributed by atoms with Crippen molar-refractivity contribution in [2.45, 2.75) is 25.6 Å². The molecule has 7 nitrogen and oxygen atoms in total. The number of piperidine rings is 1. The van der Waals surface area contributed by atoms with Crippen LogP contribution in [-0.4, -0.2) is 54.6 Å². The molecule has 1 fully saturated rings. The summed E-state index contributed by atoms with van der Waals surface area (Å²) in [6, 6.07) is -0.556. The van der Waals surface area contributed by atoms with Crippen molar-refractivity contribution in [2.24, 2.45) is 0 Å². The molecular weight excluding hydrogens is 303 g/mol. The molecule has 122 valence electrons. The fourth-order valence-electron chi connectivity index (χ4n) is 2.00. The minimum Gasteiger partial charge on any atom is -0.415 e. The molecule has 1 heterocycles. The van der Waals surface area contributed by atoms with Gasteiger partial charge in [0.15, 0.2) is 0 Å². The number of hydrogen-bond acceptors (Lipinski definition) is 6. The molecule has 22 heavy (non-hydrogen) atoms. The van der Waals surface area contributed by atoms with Gasteiger partial charge in [-0.15, -0.1) is 0 Å². The SMILES string of the molecule is CN/C(C(=N)OC(=N)C(F)(F)F)=C1/CCN(C=O)C(C)C1=N. The summed E-state index contributed by atoms with van der Waals surface area (Å²) in [6.45, 7) is 1.88. The Morgan fingerprint density at radius 3 is 2.50 bits per heavy atom. The van der Waals surface area contributed by atoms with E-state index < -0.39 is 24.0 Å². The third-order valence-electron chi connectivity index (χ3n) is 3.24. The molecule has 4 N–H and O–H groups in total. The predicted octanol–water partition coefficient (Wildman–Crippen LogP) is 1.26. The largest absolute Gasteiger partial charge is 0.468 e. The van der Waals surface area contributed by atoms with Gasteiger partial charge in [-0.1, -0.05) is 0 Å². The predicted molar refractivity (Wildman–Crippen MR) is 73.3 cm³/mol. The Kier molecular flexibility index (Phi) is 5.28. The second-order valence-corrected chi connectivity index (χ2v) is 4.54. The standard InChI is InChI=1S/C12H16F3N5O2/c1-6-8(16)7(3-4-20(6)5-21)9(19-2)10(17)22-11(18)12(13,14)15/h5-6,16-19H,3-4H2,1-2H3/b9-7-,16-8?,17-10?,18-11?. The molecule has 10 heteroatoms. The fourth-order valence-corrected chi connectivity index (χ4v) is 2.00. The molecule has 1 aliphatic rings. The van der Waals surface area contributed by atoms with Gasteiger partial charge in [-0.05, 0) is 13.3 Å². The van der Waals surface area contributed by atoms with Gasteiger partial charge in [-0.2, -0.15) is 13.2 Å². The number of likely N-dealkylation sites (N-methyl/N-ethyl adjacent to an activating group) is 1. The highest BCUT2D eigenvalue weighted by atomic mass is 19.4. The smallest absolute Gasteiger partial charge is 0.415 e. The van der Waals surface area contributed by atoms with Crippen molar-refractivity contribution in [3.8, 4) is 0 Å². The van der Waals surface area contributed by atoms with E-state index in [0.717, 1.165) is 0 Å². The number of likely N-dealkylation sites (tertiary alicyclic amines) is 1. The number of nitrogens with zero attached hydrogens (tertiary/aromatic N) is 1. The van der Waals surface area contributed by atoms with Crippen LogP contribution in [0.1, 0.15) is 13.3 Å². The van der Waals surface area contributed by atoms with E-state index in [1.165, 1.54) is 11.9 Å². The lowest BCUT2D eigenvalue weighted by Gasteiger charge is -2.33. The Bertz CT molecular complexity index is 541. The first-order chi connectivity index (χ1) is 10.1. The zero-order valence-corrected chi connectivity index (χ0v) is 12.0. The lowest BCUT2D eigenvalue weighted by Crippen LogP contribution is -2.45. The maximum atomic E-state index is 12.3. The van der Waals surface area contributed by atoms with E-state index in [1.54, 1.807) is 6.92 Å².